The molecule has 34 heavy (non-hydrogen) atoms. The summed E-state index contributed by atoms with van der Waals surface area (Å²) in [6.07, 6.45) is 1.51. The van der Waals surface area contributed by atoms with Gasteiger partial charge >= 0.3 is 0 Å². The van der Waals surface area contributed by atoms with Crippen LogP contribution in [0.25, 0.3) is 6.08 Å². The Morgan fingerprint density at radius 1 is 1.00 bits per heavy atom. The van der Waals surface area contributed by atoms with E-state index in [1.54, 1.807) is 19.9 Å². The molecule has 0 fully saturated rings. The van der Waals surface area contributed by atoms with Crippen LogP contribution in [0.1, 0.15) is 42.3 Å². The zero-order chi connectivity index (χ0) is 24.9. The molecule has 2 N–H and O–H groups in total. The van der Waals surface area contributed by atoms with E-state index >= 15 is 0 Å². The number of nitrogens with one attached hydrogen (secondary N) is 2. The summed E-state index contributed by atoms with van der Waals surface area (Å²) in [5.41, 5.74) is 3.46. The standard InChI is InChI=1S/C25H25N5O3S/c1-16(2)20-7-5-19(6-8-20)14-21(15-26)24(31)29-22-9-11-23(12-10-22)34(32,33)30-25-27-17(3)13-18(4)28-25/h5-14,16H,1-4H3,(H,29,31)(H,27,28,30)/b21-14+. The van der Waals surface area contributed by atoms with Crippen molar-refractivity contribution in [1.29, 1.82) is 5.26 Å². The second-order valence-electron chi connectivity index (χ2n) is 8.05. The summed E-state index contributed by atoms with van der Waals surface area (Å²) in [5.74, 6) is -0.222. The molecule has 0 radical (unpaired) electrons. The van der Waals surface area contributed by atoms with Crippen LogP contribution in [0, 0.1) is 25.2 Å². The van der Waals surface area contributed by atoms with Gasteiger partial charge in [-0.25, -0.2) is 23.1 Å². The SMILES string of the molecule is Cc1cc(C)nc(NS(=O)(=O)c2ccc(NC(=O)/C(C#N)=C/c3ccc(C(C)C)cc3)cc2)n1. The van der Waals surface area contributed by atoms with Gasteiger partial charge in [0.1, 0.15) is 11.6 Å². The van der Waals surface area contributed by atoms with Gasteiger partial charge in [-0.3, -0.25) is 4.79 Å². The van der Waals surface area contributed by atoms with E-state index in [4.69, 9.17) is 0 Å². The largest absolute Gasteiger partial charge is 0.321 e. The first kappa shape index (κ1) is 24.6. The number of carbonyl (C=O) groups excluding carboxylic acids is 1. The Hall–Kier alpha value is -4.03. The number of benzene rings is 2. The van der Waals surface area contributed by atoms with Crippen LogP contribution in [-0.2, 0) is 14.8 Å². The highest BCUT2D eigenvalue weighted by molar-refractivity contribution is 7.92. The van der Waals surface area contributed by atoms with Crippen molar-refractivity contribution < 1.29 is 13.2 Å². The average Bonchev–Trinajstić information content (AvgIpc) is 2.77. The molecule has 0 aliphatic heterocycles. The first-order chi connectivity index (χ1) is 16.1. The van der Waals surface area contributed by atoms with Crippen molar-refractivity contribution in [3.8, 4) is 6.07 Å². The Morgan fingerprint density at radius 2 is 1.59 bits per heavy atom. The average molecular weight is 476 g/mol. The van der Waals surface area contributed by atoms with Crippen molar-refractivity contribution in [2.75, 3.05) is 10.0 Å². The zero-order valence-electron chi connectivity index (χ0n) is 19.3. The van der Waals surface area contributed by atoms with E-state index in [2.05, 4.69) is 33.9 Å². The van der Waals surface area contributed by atoms with Gasteiger partial charge in [0.25, 0.3) is 15.9 Å². The maximum Gasteiger partial charge on any atom is 0.266 e. The smallest absolute Gasteiger partial charge is 0.266 e. The van der Waals surface area contributed by atoms with E-state index in [1.165, 1.54) is 30.3 Å². The molecule has 0 unspecified atom stereocenters. The van der Waals surface area contributed by atoms with Crippen molar-refractivity contribution in [2.24, 2.45) is 0 Å². The molecule has 1 amide bonds. The van der Waals surface area contributed by atoms with Crippen molar-refractivity contribution in [1.82, 2.24) is 9.97 Å². The molecule has 0 saturated heterocycles. The first-order valence-corrected chi connectivity index (χ1v) is 12.0. The number of rotatable bonds is 7. The van der Waals surface area contributed by atoms with Crippen LogP contribution in [-0.4, -0.2) is 24.3 Å². The second kappa shape index (κ2) is 10.3. The highest BCUT2D eigenvalue weighted by Gasteiger charge is 2.17. The summed E-state index contributed by atoms with van der Waals surface area (Å²) in [6, 6.07) is 16.9. The minimum absolute atomic E-state index is 0.0138. The Kier molecular flexibility index (Phi) is 7.44. The monoisotopic (exact) mass is 475 g/mol. The van der Waals surface area contributed by atoms with Crippen LogP contribution >= 0.6 is 0 Å². The molecule has 0 aliphatic rings. The van der Waals surface area contributed by atoms with Crippen LogP contribution < -0.4 is 10.0 Å². The van der Waals surface area contributed by atoms with Crippen molar-refractivity contribution >= 4 is 33.6 Å². The van der Waals surface area contributed by atoms with E-state index in [0.717, 1.165) is 11.1 Å². The van der Waals surface area contributed by atoms with Crippen LogP contribution in [0.5, 0.6) is 0 Å². The predicted octanol–water partition coefficient (Wildman–Crippen LogP) is 4.56. The lowest BCUT2D eigenvalue weighted by atomic mass is 10.0. The Labute approximate surface area is 199 Å². The molecule has 3 aromatic rings. The fourth-order valence-electron chi connectivity index (χ4n) is 3.16. The van der Waals surface area contributed by atoms with Gasteiger partial charge in [0.2, 0.25) is 5.95 Å². The van der Waals surface area contributed by atoms with E-state index in [1.807, 2.05) is 30.3 Å². The summed E-state index contributed by atoms with van der Waals surface area (Å²) >= 11 is 0. The van der Waals surface area contributed by atoms with Crippen molar-refractivity contribution in [3.63, 3.8) is 0 Å². The van der Waals surface area contributed by atoms with Gasteiger partial charge in [-0.15, -0.1) is 0 Å². The second-order valence-corrected chi connectivity index (χ2v) is 9.73. The number of aromatic nitrogens is 2. The Balaban J connectivity index is 1.72. The van der Waals surface area contributed by atoms with Gasteiger partial charge in [-0.2, -0.15) is 5.26 Å². The van der Waals surface area contributed by atoms with Gasteiger partial charge in [-0.1, -0.05) is 38.1 Å². The topological polar surface area (TPSA) is 125 Å². The van der Waals surface area contributed by atoms with Gasteiger partial charge in [0.15, 0.2) is 0 Å². The third kappa shape index (κ3) is 6.27. The van der Waals surface area contributed by atoms with Crippen LogP contribution in [0.2, 0.25) is 0 Å². The molecule has 0 saturated carbocycles. The maximum absolute atomic E-state index is 12.7. The summed E-state index contributed by atoms with van der Waals surface area (Å²) in [5, 5.41) is 12.0. The molecule has 1 aromatic heterocycles. The van der Waals surface area contributed by atoms with Gasteiger partial charge in [-0.05, 0) is 67.3 Å². The van der Waals surface area contributed by atoms with Crippen molar-refractivity contribution in [2.45, 2.75) is 38.5 Å². The van der Waals surface area contributed by atoms with Crippen LogP contribution in [0.3, 0.4) is 0 Å². The van der Waals surface area contributed by atoms with Crippen LogP contribution in [0.4, 0.5) is 11.6 Å². The number of nitriles is 1. The molecule has 1 heterocycles. The molecule has 0 aliphatic carbocycles. The lowest BCUT2D eigenvalue weighted by Gasteiger charge is -2.09. The molecule has 0 bridgehead atoms. The fraction of sp³-hybridized carbons (Fsp3) is 0.200. The minimum Gasteiger partial charge on any atom is -0.321 e. The van der Waals surface area contributed by atoms with Gasteiger partial charge in [0, 0.05) is 17.1 Å². The van der Waals surface area contributed by atoms with Crippen LogP contribution in [0.15, 0.2) is 65.1 Å². The third-order valence-corrected chi connectivity index (χ3v) is 6.25. The maximum atomic E-state index is 12.7. The lowest BCUT2D eigenvalue weighted by Crippen LogP contribution is -2.16. The first-order valence-electron chi connectivity index (χ1n) is 10.6. The molecule has 3 rings (SSSR count). The molecule has 2 aromatic carbocycles. The summed E-state index contributed by atoms with van der Waals surface area (Å²) in [6.45, 7) is 7.66. The number of amides is 1. The van der Waals surface area contributed by atoms with E-state index in [-0.39, 0.29) is 16.4 Å². The number of anilines is 2. The molecule has 0 atom stereocenters. The molecular weight excluding hydrogens is 450 g/mol. The fourth-order valence-corrected chi connectivity index (χ4v) is 4.10. The molecule has 8 nitrogen and oxygen atoms in total. The number of sulfonamides is 1. The normalized spacial score (nSPS) is 11.7. The van der Waals surface area contributed by atoms with E-state index in [0.29, 0.717) is 23.0 Å². The third-order valence-electron chi connectivity index (χ3n) is 4.91. The Bertz CT molecular complexity index is 1350. The molecule has 9 heteroatoms. The zero-order valence-corrected chi connectivity index (χ0v) is 20.1. The van der Waals surface area contributed by atoms with Crippen molar-refractivity contribution in [3.05, 3.63) is 82.7 Å². The summed E-state index contributed by atoms with van der Waals surface area (Å²) in [7, 11) is -3.91. The number of carbonyl (C=O) groups is 1. The molecule has 0 spiro atoms. The number of aryl methyl sites for hydroxylation is 2. The summed E-state index contributed by atoms with van der Waals surface area (Å²) in [4.78, 5) is 20.7. The Morgan fingerprint density at radius 3 is 2.12 bits per heavy atom. The highest BCUT2D eigenvalue weighted by atomic mass is 32.2. The summed E-state index contributed by atoms with van der Waals surface area (Å²) < 4.78 is 27.7. The minimum atomic E-state index is -3.91. The van der Waals surface area contributed by atoms with Gasteiger partial charge < -0.3 is 5.32 Å². The van der Waals surface area contributed by atoms with E-state index in [9.17, 15) is 18.5 Å². The van der Waals surface area contributed by atoms with Gasteiger partial charge in [0.05, 0.1) is 4.90 Å². The quantitative estimate of drug-likeness (QED) is 0.381. The number of hydrogen-bond acceptors (Lipinski definition) is 6. The number of nitrogens with zero attached hydrogens (tertiary/aromatic N) is 3. The number of hydrogen-bond donors (Lipinski definition) is 2. The predicted molar refractivity (Wildman–Crippen MR) is 132 cm³/mol. The molecular formula is C25H25N5O3S. The lowest BCUT2D eigenvalue weighted by molar-refractivity contribution is -0.112. The molecule has 174 valence electrons. The van der Waals surface area contributed by atoms with E-state index < -0.39 is 15.9 Å². The highest BCUT2D eigenvalue weighted by Crippen LogP contribution is 2.19.